The first-order valence-corrected chi connectivity index (χ1v) is 12.5. The molecule has 0 unspecified atom stereocenters. The lowest BCUT2D eigenvalue weighted by atomic mass is 10.1. The lowest BCUT2D eigenvalue weighted by Gasteiger charge is -2.12. The second-order valence-electron chi connectivity index (χ2n) is 9.26. The molecule has 0 atom stereocenters. The topological polar surface area (TPSA) is 122 Å². The van der Waals surface area contributed by atoms with Crippen LogP contribution in [0.25, 0.3) is 12.2 Å². The van der Waals surface area contributed by atoms with Gasteiger partial charge in [-0.25, -0.2) is 28.4 Å². The Kier molecular flexibility index (Phi) is 6.63. The third-order valence-corrected chi connectivity index (χ3v) is 6.50. The quantitative estimate of drug-likeness (QED) is 0.125. The van der Waals surface area contributed by atoms with Gasteiger partial charge in [0.25, 0.3) is 0 Å². The molecule has 0 aliphatic carbocycles. The second-order valence-corrected chi connectivity index (χ2v) is 9.26. The van der Waals surface area contributed by atoms with Gasteiger partial charge in [0.15, 0.2) is 0 Å². The van der Waals surface area contributed by atoms with E-state index in [1.54, 1.807) is 42.5 Å². The molecule has 2 aliphatic rings. The predicted molar refractivity (Wildman–Crippen MR) is 143 cm³/mol. The Bertz CT molecular complexity index is 1850. The summed E-state index contributed by atoms with van der Waals surface area (Å²) in [6, 6.07) is 19.0. The number of hydrogen-bond donors (Lipinski definition) is 0. The average Bonchev–Trinajstić information content (AvgIpc) is 3.44. The van der Waals surface area contributed by atoms with E-state index in [0.717, 1.165) is 0 Å². The summed E-state index contributed by atoms with van der Waals surface area (Å²) in [4.78, 5) is 60.1. The number of halogens is 1. The van der Waals surface area contributed by atoms with Crippen LogP contribution in [-0.4, -0.2) is 29.8 Å². The first-order valence-electron chi connectivity index (χ1n) is 12.5. The molecular formula is C32H17FO9. The number of benzene rings is 4. The molecule has 2 heterocycles. The van der Waals surface area contributed by atoms with Crippen LogP contribution in [0.15, 0.2) is 78.9 Å². The van der Waals surface area contributed by atoms with Crippen LogP contribution in [0.2, 0.25) is 0 Å². The summed E-state index contributed by atoms with van der Waals surface area (Å²) < 4.78 is 34.1. The van der Waals surface area contributed by atoms with Crippen molar-refractivity contribution in [1.82, 2.24) is 0 Å². The molecule has 4 aromatic carbocycles. The van der Waals surface area contributed by atoms with E-state index < -0.39 is 29.8 Å². The van der Waals surface area contributed by atoms with Gasteiger partial charge in [0.05, 0.1) is 27.8 Å². The Morgan fingerprint density at radius 3 is 2.05 bits per heavy atom. The molecule has 10 heteroatoms. The first kappa shape index (κ1) is 26.3. The van der Waals surface area contributed by atoms with Crippen molar-refractivity contribution in [3.63, 3.8) is 0 Å². The first-order chi connectivity index (χ1) is 20.2. The summed E-state index contributed by atoms with van der Waals surface area (Å²) >= 11 is 0. The highest BCUT2D eigenvalue weighted by atomic mass is 19.1. The van der Waals surface area contributed by atoms with E-state index in [1.165, 1.54) is 48.5 Å². The lowest BCUT2D eigenvalue weighted by molar-refractivity contribution is 0.0425. The van der Waals surface area contributed by atoms with Crippen LogP contribution >= 0.6 is 0 Å². The number of cyclic esters (lactones) is 4. The van der Waals surface area contributed by atoms with Gasteiger partial charge in [0.2, 0.25) is 0 Å². The second kappa shape index (κ2) is 10.6. The molecule has 42 heavy (non-hydrogen) atoms. The molecule has 9 nitrogen and oxygen atoms in total. The van der Waals surface area contributed by atoms with Gasteiger partial charge in [-0.05, 0) is 71.8 Å². The van der Waals surface area contributed by atoms with Gasteiger partial charge >= 0.3 is 29.8 Å². The van der Waals surface area contributed by atoms with E-state index in [9.17, 15) is 28.4 Å². The third kappa shape index (κ3) is 5.16. The molecule has 0 aromatic heterocycles. The van der Waals surface area contributed by atoms with E-state index in [0.29, 0.717) is 22.4 Å². The SMILES string of the molecule is O=C(Oc1ccc(OCc2ccc3c(c2)C(=O)OC3=O)c(C=Cc2ccc(F)cc2)c1)c1ccc2c(c1)C(=O)OC2=O. The predicted octanol–water partition coefficient (Wildman–Crippen LogP) is 5.42. The van der Waals surface area contributed by atoms with E-state index >= 15 is 0 Å². The highest BCUT2D eigenvalue weighted by Crippen LogP contribution is 2.29. The van der Waals surface area contributed by atoms with E-state index in [4.69, 9.17) is 9.47 Å². The van der Waals surface area contributed by atoms with Crippen molar-refractivity contribution in [3.05, 3.63) is 129 Å². The molecule has 206 valence electrons. The smallest absolute Gasteiger partial charge is 0.346 e. The molecule has 0 N–H and O–H groups in total. The minimum atomic E-state index is -0.841. The van der Waals surface area contributed by atoms with Crippen molar-refractivity contribution in [2.24, 2.45) is 0 Å². The van der Waals surface area contributed by atoms with Crippen LogP contribution in [-0.2, 0) is 16.1 Å². The Morgan fingerprint density at radius 2 is 1.33 bits per heavy atom. The maximum Gasteiger partial charge on any atom is 0.346 e. The van der Waals surface area contributed by atoms with Crippen molar-refractivity contribution in [2.75, 3.05) is 0 Å². The summed E-state index contributed by atoms with van der Waals surface area (Å²) in [5.74, 6) is -3.65. The molecule has 4 aromatic rings. The minimum absolute atomic E-state index is 0.0229. The number of esters is 5. The molecular weight excluding hydrogens is 547 g/mol. The van der Waals surface area contributed by atoms with Crippen LogP contribution in [0.4, 0.5) is 4.39 Å². The zero-order valence-electron chi connectivity index (χ0n) is 21.4. The average molecular weight is 564 g/mol. The van der Waals surface area contributed by atoms with Gasteiger partial charge in [0.1, 0.15) is 23.9 Å². The van der Waals surface area contributed by atoms with Crippen molar-refractivity contribution in [2.45, 2.75) is 6.61 Å². The third-order valence-electron chi connectivity index (χ3n) is 6.50. The Morgan fingerprint density at radius 1 is 0.690 bits per heavy atom. The molecule has 0 saturated carbocycles. The van der Waals surface area contributed by atoms with Gasteiger partial charge in [-0.3, -0.25) is 0 Å². The summed E-state index contributed by atoms with van der Waals surface area (Å²) in [7, 11) is 0. The monoisotopic (exact) mass is 564 g/mol. The molecule has 2 aliphatic heterocycles. The molecule has 0 saturated heterocycles. The van der Waals surface area contributed by atoms with Crippen molar-refractivity contribution in [3.8, 4) is 11.5 Å². The number of carbonyl (C=O) groups is 5. The number of ether oxygens (including phenoxy) is 4. The molecule has 0 radical (unpaired) electrons. The van der Waals surface area contributed by atoms with Crippen molar-refractivity contribution in [1.29, 1.82) is 0 Å². The number of fused-ring (bicyclic) bond motifs is 2. The Labute approximate surface area is 236 Å². The maximum absolute atomic E-state index is 13.3. The van der Waals surface area contributed by atoms with Gasteiger partial charge < -0.3 is 18.9 Å². The van der Waals surface area contributed by atoms with E-state index in [-0.39, 0.29) is 46.0 Å². The highest BCUT2D eigenvalue weighted by Gasteiger charge is 2.31. The maximum atomic E-state index is 13.3. The van der Waals surface area contributed by atoms with Crippen molar-refractivity contribution < 1.29 is 47.3 Å². The Hall–Kier alpha value is -5.90. The number of hydrogen-bond acceptors (Lipinski definition) is 9. The van der Waals surface area contributed by atoms with E-state index in [1.807, 2.05) is 0 Å². The molecule has 0 amide bonds. The summed E-state index contributed by atoms with van der Waals surface area (Å²) in [6.45, 7) is 0.0369. The van der Waals surface area contributed by atoms with Crippen LogP contribution < -0.4 is 9.47 Å². The summed E-state index contributed by atoms with van der Waals surface area (Å²) in [6.07, 6.45) is 3.41. The summed E-state index contributed by atoms with van der Waals surface area (Å²) in [5, 5.41) is 0. The number of carbonyl (C=O) groups excluding carboxylic acids is 5. The fourth-order valence-corrected chi connectivity index (χ4v) is 4.37. The normalized spacial score (nSPS) is 13.5. The van der Waals surface area contributed by atoms with Crippen LogP contribution in [0.1, 0.15) is 68.5 Å². The van der Waals surface area contributed by atoms with E-state index in [2.05, 4.69) is 9.47 Å². The summed E-state index contributed by atoms with van der Waals surface area (Å²) in [5.41, 5.74) is 2.24. The number of rotatable bonds is 7. The Balaban J connectivity index is 1.25. The van der Waals surface area contributed by atoms with Gasteiger partial charge in [-0.2, -0.15) is 0 Å². The lowest BCUT2D eigenvalue weighted by Crippen LogP contribution is -2.10. The fourth-order valence-electron chi connectivity index (χ4n) is 4.37. The fraction of sp³-hybridized carbons (Fsp3) is 0.0312. The van der Waals surface area contributed by atoms with Gasteiger partial charge in [-0.15, -0.1) is 0 Å². The zero-order chi connectivity index (χ0) is 29.4. The van der Waals surface area contributed by atoms with Gasteiger partial charge in [0, 0.05) is 5.56 Å². The van der Waals surface area contributed by atoms with Crippen LogP contribution in [0.5, 0.6) is 11.5 Å². The molecule has 0 fully saturated rings. The standard InChI is InChI=1S/C32H17FO9/c33-21-7-2-17(3-8-21)1-5-19-14-22(40-28(34)20-6-11-24-26(15-20)32(38)42-30(24)36)9-12-27(19)39-16-18-4-10-23-25(13-18)31(37)41-29(23)35/h1-15H,16H2. The molecule has 0 spiro atoms. The van der Waals surface area contributed by atoms with Crippen molar-refractivity contribution >= 4 is 42.0 Å². The molecule has 0 bridgehead atoms. The zero-order valence-corrected chi connectivity index (χ0v) is 21.4. The highest BCUT2D eigenvalue weighted by molar-refractivity contribution is 6.16. The van der Waals surface area contributed by atoms with Crippen LogP contribution in [0, 0.1) is 5.82 Å². The largest absolute Gasteiger partial charge is 0.488 e. The molecule has 6 rings (SSSR count). The minimum Gasteiger partial charge on any atom is -0.488 e. The van der Waals surface area contributed by atoms with Crippen LogP contribution in [0.3, 0.4) is 0 Å². The van der Waals surface area contributed by atoms with Gasteiger partial charge in [-0.1, -0.05) is 30.4 Å².